The average molecular weight is 325 g/mol. The summed E-state index contributed by atoms with van der Waals surface area (Å²) in [6.45, 7) is 0.547. The molecule has 1 aromatic heterocycles. The molecule has 6 nitrogen and oxygen atoms in total. The number of anilines is 3. The highest BCUT2D eigenvalue weighted by Crippen LogP contribution is 2.34. The van der Waals surface area contributed by atoms with E-state index in [1.54, 1.807) is 23.2 Å². The SMILES string of the molecule is O=C(O)CCCCCN1C(=O)c2cccnc2Nc2ccccc21. The number of benzene rings is 1. The summed E-state index contributed by atoms with van der Waals surface area (Å²) in [5.41, 5.74) is 2.20. The van der Waals surface area contributed by atoms with Crippen LogP contribution >= 0.6 is 0 Å². The maximum atomic E-state index is 12.9. The van der Waals surface area contributed by atoms with Crippen LogP contribution in [0.25, 0.3) is 0 Å². The van der Waals surface area contributed by atoms with Crippen LogP contribution in [0, 0.1) is 0 Å². The van der Waals surface area contributed by atoms with Crippen LogP contribution in [-0.2, 0) is 4.79 Å². The molecule has 1 aromatic carbocycles. The van der Waals surface area contributed by atoms with Gasteiger partial charge in [0.25, 0.3) is 5.91 Å². The molecule has 0 radical (unpaired) electrons. The van der Waals surface area contributed by atoms with Crippen molar-refractivity contribution < 1.29 is 14.7 Å². The number of amides is 1. The molecule has 2 N–H and O–H groups in total. The van der Waals surface area contributed by atoms with Gasteiger partial charge in [0.05, 0.1) is 16.9 Å². The van der Waals surface area contributed by atoms with Gasteiger partial charge in [0.15, 0.2) is 0 Å². The summed E-state index contributed by atoms with van der Waals surface area (Å²) >= 11 is 0. The molecule has 124 valence electrons. The monoisotopic (exact) mass is 325 g/mol. The van der Waals surface area contributed by atoms with Gasteiger partial charge in [0.2, 0.25) is 0 Å². The van der Waals surface area contributed by atoms with Crippen LogP contribution in [-0.4, -0.2) is 28.5 Å². The molecule has 24 heavy (non-hydrogen) atoms. The first-order valence-corrected chi connectivity index (χ1v) is 8.01. The van der Waals surface area contributed by atoms with Gasteiger partial charge in [0, 0.05) is 19.2 Å². The lowest BCUT2D eigenvalue weighted by atomic mass is 10.1. The van der Waals surface area contributed by atoms with E-state index in [-0.39, 0.29) is 12.3 Å². The highest BCUT2D eigenvalue weighted by Gasteiger charge is 2.26. The lowest BCUT2D eigenvalue weighted by Crippen LogP contribution is -2.31. The molecule has 0 aliphatic carbocycles. The van der Waals surface area contributed by atoms with E-state index in [0.29, 0.717) is 24.3 Å². The molecule has 0 saturated carbocycles. The van der Waals surface area contributed by atoms with Crippen LogP contribution in [0.2, 0.25) is 0 Å². The zero-order valence-corrected chi connectivity index (χ0v) is 13.2. The van der Waals surface area contributed by atoms with Crippen LogP contribution < -0.4 is 10.2 Å². The van der Waals surface area contributed by atoms with E-state index in [1.165, 1.54) is 0 Å². The topological polar surface area (TPSA) is 82.5 Å². The van der Waals surface area contributed by atoms with E-state index in [1.807, 2.05) is 24.3 Å². The maximum Gasteiger partial charge on any atom is 0.303 e. The molecular formula is C18H19N3O3. The molecule has 0 unspecified atom stereocenters. The fraction of sp³-hybridized carbons (Fsp3) is 0.278. The Morgan fingerprint density at radius 1 is 1.12 bits per heavy atom. The highest BCUT2D eigenvalue weighted by molar-refractivity contribution is 6.12. The largest absolute Gasteiger partial charge is 0.481 e. The third kappa shape index (κ3) is 3.37. The highest BCUT2D eigenvalue weighted by atomic mass is 16.4. The molecular weight excluding hydrogens is 306 g/mol. The Bertz CT molecular complexity index is 761. The van der Waals surface area contributed by atoms with Crippen LogP contribution in [0.3, 0.4) is 0 Å². The standard InChI is InChI=1S/C18H19N3O3/c22-16(23)10-2-1-5-12-21-15-9-4-3-8-14(15)20-17-13(18(21)24)7-6-11-19-17/h3-4,6-9,11H,1-2,5,10,12H2,(H,19,20)(H,22,23). The smallest absolute Gasteiger partial charge is 0.303 e. The summed E-state index contributed by atoms with van der Waals surface area (Å²) in [6.07, 6.45) is 3.96. The number of carboxylic acid groups (broad SMARTS) is 1. The van der Waals surface area contributed by atoms with Crippen molar-refractivity contribution in [1.82, 2.24) is 4.98 Å². The Hall–Kier alpha value is -2.89. The Balaban J connectivity index is 1.81. The number of hydrogen-bond acceptors (Lipinski definition) is 4. The Morgan fingerprint density at radius 3 is 2.79 bits per heavy atom. The second-order valence-corrected chi connectivity index (χ2v) is 5.70. The number of aromatic nitrogens is 1. The number of pyridine rings is 1. The number of para-hydroxylation sites is 2. The third-order valence-electron chi connectivity index (χ3n) is 4.00. The summed E-state index contributed by atoms with van der Waals surface area (Å²) in [5, 5.41) is 11.9. The first-order chi connectivity index (χ1) is 11.7. The van der Waals surface area contributed by atoms with Crippen LogP contribution in [0.15, 0.2) is 42.6 Å². The van der Waals surface area contributed by atoms with E-state index >= 15 is 0 Å². The summed E-state index contributed by atoms with van der Waals surface area (Å²) < 4.78 is 0. The molecule has 0 bridgehead atoms. The van der Waals surface area contributed by atoms with Crippen molar-refractivity contribution in [1.29, 1.82) is 0 Å². The van der Waals surface area contributed by atoms with Crippen molar-refractivity contribution in [3.05, 3.63) is 48.2 Å². The molecule has 1 amide bonds. The number of hydrogen-bond donors (Lipinski definition) is 2. The Labute approximate surface area is 140 Å². The normalized spacial score (nSPS) is 12.8. The van der Waals surface area contributed by atoms with Crippen molar-refractivity contribution in [2.75, 3.05) is 16.8 Å². The van der Waals surface area contributed by atoms with E-state index in [4.69, 9.17) is 5.11 Å². The molecule has 0 atom stereocenters. The number of carbonyl (C=O) groups is 2. The molecule has 0 saturated heterocycles. The number of nitrogens with zero attached hydrogens (tertiary/aromatic N) is 2. The van der Waals surface area contributed by atoms with Gasteiger partial charge >= 0.3 is 5.97 Å². The zero-order valence-electron chi connectivity index (χ0n) is 13.2. The molecule has 0 spiro atoms. The van der Waals surface area contributed by atoms with Crippen LogP contribution in [0.5, 0.6) is 0 Å². The number of rotatable bonds is 6. The number of carbonyl (C=O) groups excluding carboxylic acids is 1. The minimum Gasteiger partial charge on any atom is -0.481 e. The molecule has 0 fully saturated rings. The number of nitrogens with one attached hydrogen (secondary N) is 1. The van der Waals surface area contributed by atoms with E-state index in [0.717, 1.165) is 24.2 Å². The predicted octanol–water partition coefficient (Wildman–Crippen LogP) is 3.43. The molecule has 1 aliphatic heterocycles. The lowest BCUT2D eigenvalue weighted by molar-refractivity contribution is -0.137. The lowest BCUT2D eigenvalue weighted by Gasteiger charge is -2.22. The summed E-state index contributed by atoms with van der Waals surface area (Å²) in [7, 11) is 0. The molecule has 1 aliphatic rings. The summed E-state index contributed by atoms with van der Waals surface area (Å²) in [6, 6.07) is 11.2. The van der Waals surface area contributed by atoms with Gasteiger partial charge < -0.3 is 15.3 Å². The van der Waals surface area contributed by atoms with E-state index < -0.39 is 5.97 Å². The number of unbranched alkanes of at least 4 members (excludes halogenated alkanes) is 2. The number of carboxylic acids is 1. The molecule has 6 heteroatoms. The fourth-order valence-corrected chi connectivity index (χ4v) is 2.82. The van der Waals surface area contributed by atoms with Crippen molar-refractivity contribution in [3.63, 3.8) is 0 Å². The zero-order chi connectivity index (χ0) is 16.9. The fourth-order valence-electron chi connectivity index (χ4n) is 2.82. The van der Waals surface area contributed by atoms with Gasteiger partial charge in [-0.25, -0.2) is 4.98 Å². The number of aliphatic carboxylic acids is 1. The van der Waals surface area contributed by atoms with Gasteiger partial charge in [-0.05, 0) is 37.1 Å². The van der Waals surface area contributed by atoms with Crippen molar-refractivity contribution in [2.45, 2.75) is 25.7 Å². The predicted molar refractivity (Wildman–Crippen MR) is 91.7 cm³/mol. The first-order valence-electron chi connectivity index (χ1n) is 8.01. The quantitative estimate of drug-likeness (QED) is 0.795. The second kappa shape index (κ2) is 7.12. The van der Waals surface area contributed by atoms with Gasteiger partial charge in [-0.15, -0.1) is 0 Å². The van der Waals surface area contributed by atoms with Gasteiger partial charge in [-0.3, -0.25) is 9.59 Å². The minimum atomic E-state index is -0.782. The van der Waals surface area contributed by atoms with Gasteiger partial charge in [0.1, 0.15) is 5.82 Å². The molecule has 2 aromatic rings. The van der Waals surface area contributed by atoms with Crippen molar-refractivity contribution in [2.24, 2.45) is 0 Å². The maximum absolute atomic E-state index is 12.9. The second-order valence-electron chi connectivity index (χ2n) is 5.70. The molecule has 3 rings (SSSR count). The van der Waals surface area contributed by atoms with Crippen LogP contribution in [0.1, 0.15) is 36.0 Å². The Morgan fingerprint density at radius 2 is 1.96 bits per heavy atom. The van der Waals surface area contributed by atoms with Crippen LogP contribution in [0.4, 0.5) is 17.2 Å². The summed E-state index contributed by atoms with van der Waals surface area (Å²) in [5.74, 6) is -0.312. The minimum absolute atomic E-state index is 0.0891. The van der Waals surface area contributed by atoms with Gasteiger partial charge in [-0.2, -0.15) is 0 Å². The van der Waals surface area contributed by atoms with Gasteiger partial charge in [-0.1, -0.05) is 18.6 Å². The third-order valence-corrected chi connectivity index (χ3v) is 4.00. The average Bonchev–Trinajstić information content (AvgIpc) is 2.69. The molecule has 2 heterocycles. The van der Waals surface area contributed by atoms with Crippen molar-refractivity contribution in [3.8, 4) is 0 Å². The van der Waals surface area contributed by atoms with Crippen molar-refractivity contribution >= 4 is 29.1 Å². The number of fused-ring (bicyclic) bond motifs is 2. The first kappa shape index (κ1) is 16.0. The summed E-state index contributed by atoms with van der Waals surface area (Å²) in [4.78, 5) is 29.5. The van der Waals surface area contributed by atoms with E-state index in [9.17, 15) is 9.59 Å². The Kier molecular flexibility index (Phi) is 4.74. The van der Waals surface area contributed by atoms with E-state index in [2.05, 4.69) is 10.3 Å².